The number of nitrogens with zero attached hydrogens (tertiary/aromatic N) is 4. The van der Waals surface area contributed by atoms with Gasteiger partial charge in [-0.1, -0.05) is 30.3 Å². The number of carbonyl (C=O) groups excluding carboxylic acids is 1. The van der Waals surface area contributed by atoms with Gasteiger partial charge in [-0.15, -0.1) is 10.2 Å². The van der Waals surface area contributed by atoms with Gasteiger partial charge in [0.25, 0.3) is 0 Å². The fourth-order valence-electron chi connectivity index (χ4n) is 2.52. The number of rotatable bonds is 6. The van der Waals surface area contributed by atoms with Crippen molar-refractivity contribution in [3.05, 3.63) is 60.2 Å². The average Bonchev–Trinajstić information content (AvgIpc) is 3.10. The highest BCUT2D eigenvalue weighted by atomic mass is 32.2. The van der Waals surface area contributed by atoms with Gasteiger partial charge in [0.05, 0.1) is 10.9 Å². The molecule has 1 atom stereocenters. The van der Waals surface area contributed by atoms with E-state index in [2.05, 4.69) is 20.7 Å². The standard InChI is InChI=1S/C18H19N5O3S/c1-13(14-6-4-3-5-7-14)19-17(24)12-23-21-18(20-22-23)15-8-10-16(11-9-15)27(2,25)26/h3-11,13H,12H2,1-2H3,(H,19,24). The Morgan fingerprint density at radius 3 is 2.41 bits per heavy atom. The molecule has 3 rings (SSSR count). The third-order valence-corrected chi connectivity index (χ3v) is 5.08. The summed E-state index contributed by atoms with van der Waals surface area (Å²) in [5.74, 6) is 0.0849. The van der Waals surface area contributed by atoms with Gasteiger partial charge in [0.15, 0.2) is 9.84 Å². The first kappa shape index (κ1) is 18.7. The second kappa shape index (κ2) is 7.67. The molecule has 27 heavy (non-hydrogen) atoms. The van der Waals surface area contributed by atoms with Crippen LogP contribution in [0.1, 0.15) is 18.5 Å². The van der Waals surface area contributed by atoms with E-state index in [-0.39, 0.29) is 23.4 Å². The minimum Gasteiger partial charge on any atom is -0.348 e. The number of sulfone groups is 1. The number of benzene rings is 2. The largest absolute Gasteiger partial charge is 0.348 e. The number of hydrogen-bond donors (Lipinski definition) is 1. The Bertz CT molecular complexity index is 1030. The van der Waals surface area contributed by atoms with Crippen LogP contribution >= 0.6 is 0 Å². The summed E-state index contributed by atoms with van der Waals surface area (Å²) in [5, 5.41) is 14.9. The molecule has 1 heterocycles. The van der Waals surface area contributed by atoms with Gasteiger partial charge in [-0.2, -0.15) is 4.80 Å². The minimum atomic E-state index is -3.26. The molecule has 0 bridgehead atoms. The normalized spacial score (nSPS) is 12.5. The Balaban J connectivity index is 1.64. The second-order valence-corrected chi connectivity index (χ2v) is 8.16. The van der Waals surface area contributed by atoms with E-state index in [1.165, 1.54) is 16.9 Å². The maximum Gasteiger partial charge on any atom is 0.244 e. The molecular weight excluding hydrogens is 366 g/mol. The Morgan fingerprint density at radius 1 is 1.11 bits per heavy atom. The molecule has 3 aromatic rings. The lowest BCUT2D eigenvalue weighted by molar-refractivity contribution is -0.122. The van der Waals surface area contributed by atoms with Crippen molar-refractivity contribution in [2.24, 2.45) is 0 Å². The molecule has 0 radical (unpaired) electrons. The summed E-state index contributed by atoms with van der Waals surface area (Å²) in [6.07, 6.45) is 1.14. The van der Waals surface area contributed by atoms with Gasteiger partial charge in [-0.25, -0.2) is 8.42 Å². The molecule has 1 aromatic heterocycles. The zero-order valence-electron chi connectivity index (χ0n) is 14.9. The van der Waals surface area contributed by atoms with E-state index in [0.29, 0.717) is 11.4 Å². The van der Waals surface area contributed by atoms with Crippen molar-refractivity contribution in [1.29, 1.82) is 0 Å². The van der Waals surface area contributed by atoms with E-state index >= 15 is 0 Å². The Kier molecular flexibility index (Phi) is 5.31. The zero-order chi connectivity index (χ0) is 19.4. The van der Waals surface area contributed by atoms with E-state index < -0.39 is 9.84 Å². The van der Waals surface area contributed by atoms with Gasteiger partial charge >= 0.3 is 0 Å². The van der Waals surface area contributed by atoms with E-state index in [0.717, 1.165) is 11.8 Å². The summed E-state index contributed by atoms with van der Waals surface area (Å²) in [6, 6.07) is 15.7. The fourth-order valence-corrected chi connectivity index (χ4v) is 3.15. The third-order valence-electron chi connectivity index (χ3n) is 3.96. The molecule has 1 unspecified atom stereocenters. The first-order chi connectivity index (χ1) is 12.8. The molecule has 0 aliphatic heterocycles. The third kappa shape index (κ3) is 4.76. The number of amides is 1. The van der Waals surface area contributed by atoms with E-state index in [1.54, 1.807) is 12.1 Å². The molecule has 8 nitrogen and oxygen atoms in total. The highest BCUT2D eigenvalue weighted by Crippen LogP contribution is 2.17. The average molecular weight is 385 g/mol. The molecule has 0 aliphatic rings. The van der Waals surface area contributed by atoms with E-state index in [4.69, 9.17) is 0 Å². The first-order valence-corrected chi connectivity index (χ1v) is 10.1. The smallest absolute Gasteiger partial charge is 0.244 e. The molecule has 1 amide bonds. The fraction of sp³-hybridized carbons (Fsp3) is 0.222. The predicted molar refractivity (Wildman–Crippen MR) is 99.4 cm³/mol. The minimum absolute atomic E-state index is 0.0639. The topological polar surface area (TPSA) is 107 Å². The van der Waals surface area contributed by atoms with Crippen molar-refractivity contribution in [3.8, 4) is 11.4 Å². The summed E-state index contributed by atoms with van der Waals surface area (Å²) in [5.41, 5.74) is 1.62. The van der Waals surface area contributed by atoms with Gasteiger partial charge < -0.3 is 5.32 Å². The van der Waals surface area contributed by atoms with Crippen molar-refractivity contribution in [3.63, 3.8) is 0 Å². The number of nitrogens with one attached hydrogen (secondary N) is 1. The van der Waals surface area contributed by atoms with E-state index in [1.807, 2.05) is 37.3 Å². The highest BCUT2D eigenvalue weighted by Gasteiger charge is 2.13. The van der Waals surface area contributed by atoms with Crippen LogP contribution in [0, 0.1) is 0 Å². The quantitative estimate of drug-likeness (QED) is 0.691. The Labute approximate surface area is 157 Å². The van der Waals surface area contributed by atoms with Gasteiger partial charge in [0.1, 0.15) is 6.54 Å². The summed E-state index contributed by atoms with van der Waals surface area (Å²) < 4.78 is 23.0. The molecule has 1 N–H and O–H groups in total. The highest BCUT2D eigenvalue weighted by molar-refractivity contribution is 7.90. The van der Waals surface area contributed by atoms with Crippen LogP contribution in [0.25, 0.3) is 11.4 Å². The van der Waals surface area contributed by atoms with Crippen LogP contribution in [-0.2, 0) is 21.2 Å². The number of hydrogen-bond acceptors (Lipinski definition) is 6. The van der Waals surface area contributed by atoms with Crippen LogP contribution in [0.5, 0.6) is 0 Å². The molecule has 9 heteroatoms. The Hall–Kier alpha value is -3.07. The van der Waals surface area contributed by atoms with Crippen LogP contribution in [0.3, 0.4) is 0 Å². The molecule has 2 aromatic carbocycles. The molecule has 0 saturated heterocycles. The van der Waals surface area contributed by atoms with Crippen molar-refractivity contribution < 1.29 is 13.2 Å². The SMILES string of the molecule is CC(NC(=O)Cn1nnc(-c2ccc(S(C)(=O)=O)cc2)n1)c1ccccc1. The van der Waals surface area contributed by atoms with Crippen molar-refractivity contribution in [1.82, 2.24) is 25.5 Å². The van der Waals surface area contributed by atoms with Gasteiger partial charge in [0.2, 0.25) is 11.7 Å². The van der Waals surface area contributed by atoms with Crippen molar-refractivity contribution >= 4 is 15.7 Å². The summed E-state index contributed by atoms with van der Waals surface area (Å²) in [4.78, 5) is 13.6. The van der Waals surface area contributed by atoms with Crippen molar-refractivity contribution in [2.75, 3.05) is 6.26 Å². The molecule has 140 valence electrons. The molecule has 0 aliphatic carbocycles. The van der Waals surface area contributed by atoms with Crippen LogP contribution in [0.4, 0.5) is 0 Å². The monoisotopic (exact) mass is 385 g/mol. The molecule has 0 saturated carbocycles. The number of aromatic nitrogens is 4. The maximum atomic E-state index is 12.2. The predicted octanol–water partition coefficient (Wildman–Crippen LogP) is 1.62. The molecular formula is C18H19N5O3S. The van der Waals surface area contributed by atoms with Gasteiger partial charge in [-0.05, 0) is 42.0 Å². The summed E-state index contributed by atoms with van der Waals surface area (Å²) >= 11 is 0. The van der Waals surface area contributed by atoms with Gasteiger partial charge in [0, 0.05) is 11.8 Å². The van der Waals surface area contributed by atoms with Crippen LogP contribution in [0.2, 0.25) is 0 Å². The first-order valence-electron chi connectivity index (χ1n) is 8.25. The van der Waals surface area contributed by atoms with Crippen LogP contribution in [0.15, 0.2) is 59.5 Å². The van der Waals surface area contributed by atoms with Crippen LogP contribution < -0.4 is 5.32 Å². The van der Waals surface area contributed by atoms with Crippen LogP contribution in [-0.4, -0.2) is 40.8 Å². The summed E-state index contributed by atoms with van der Waals surface area (Å²) in [7, 11) is -3.26. The van der Waals surface area contributed by atoms with Crippen molar-refractivity contribution in [2.45, 2.75) is 24.4 Å². The lowest BCUT2D eigenvalue weighted by Gasteiger charge is -2.13. The lowest BCUT2D eigenvalue weighted by atomic mass is 10.1. The number of carbonyl (C=O) groups is 1. The zero-order valence-corrected chi connectivity index (χ0v) is 15.7. The second-order valence-electron chi connectivity index (χ2n) is 6.14. The maximum absolute atomic E-state index is 12.2. The Morgan fingerprint density at radius 2 is 1.78 bits per heavy atom. The molecule has 0 spiro atoms. The van der Waals surface area contributed by atoms with E-state index in [9.17, 15) is 13.2 Å². The lowest BCUT2D eigenvalue weighted by Crippen LogP contribution is -2.30. The number of tetrazole rings is 1. The molecule has 0 fully saturated rings. The summed E-state index contributed by atoms with van der Waals surface area (Å²) in [6.45, 7) is 1.84. The van der Waals surface area contributed by atoms with Gasteiger partial charge in [-0.3, -0.25) is 4.79 Å².